The van der Waals surface area contributed by atoms with Crippen LogP contribution in [0, 0.1) is 0 Å². The maximum absolute atomic E-state index is 13.6. The molecular formula is C27H29Cl2F3N4O2. The summed E-state index contributed by atoms with van der Waals surface area (Å²) in [5, 5.41) is 4.43. The number of benzene rings is 2. The van der Waals surface area contributed by atoms with Crippen molar-refractivity contribution in [2.75, 3.05) is 39.3 Å². The molecular weight excluding hydrogens is 540 g/mol. The molecule has 2 fully saturated rings. The van der Waals surface area contributed by atoms with Crippen molar-refractivity contribution in [3.05, 3.63) is 70.4 Å². The van der Waals surface area contributed by atoms with Gasteiger partial charge in [0.05, 0.1) is 16.6 Å². The number of nitrogens with one attached hydrogen (secondary N) is 1. The van der Waals surface area contributed by atoms with Gasteiger partial charge in [0, 0.05) is 55.9 Å². The van der Waals surface area contributed by atoms with E-state index in [1.807, 2.05) is 0 Å². The summed E-state index contributed by atoms with van der Waals surface area (Å²) in [4.78, 5) is 30.0. The van der Waals surface area contributed by atoms with Gasteiger partial charge < -0.3 is 19.7 Å². The molecule has 5 rings (SSSR count). The van der Waals surface area contributed by atoms with E-state index in [0.717, 1.165) is 19.2 Å². The zero-order chi connectivity index (χ0) is 26.2. The first-order chi connectivity index (χ1) is 17.7. The minimum Gasteiger partial charge on any atom is -0.339 e. The molecule has 1 N–H and O–H groups in total. The summed E-state index contributed by atoms with van der Waals surface area (Å²) in [6.45, 7) is 3.58. The molecule has 11 heteroatoms. The number of carbonyl (C=O) groups excluding carboxylic acids is 2. The number of fused-ring (bicyclic) bond motifs is 1. The van der Waals surface area contributed by atoms with E-state index in [0.29, 0.717) is 66.1 Å². The number of hydrogen-bond donors (Lipinski definition) is 1. The summed E-state index contributed by atoms with van der Waals surface area (Å²) in [6.07, 6.45) is -1.81. The van der Waals surface area contributed by atoms with Crippen LogP contribution in [0.25, 0.3) is 10.9 Å². The van der Waals surface area contributed by atoms with Crippen molar-refractivity contribution in [3.8, 4) is 0 Å². The Hall–Kier alpha value is -2.75. The minimum absolute atomic E-state index is 0. The van der Waals surface area contributed by atoms with E-state index in [4.69, 9.17) is 11.6 Å². The molecule has 1 aromatic heterocycles. The molecule has 2 amide bonds. The number of hydrogen-bond acceptors (Lipinski definition) is 3. The molecule has 0 atom stereocenters. The molecule has 0 aliphatic carbocycles. The first kappa shape index (κ1) is 28.3. The maximum Gasteiger partial charge on any atom is 0.416 e. The van der Waals surface area contributed by atoms with Gasteiger partial charge in [0.25, 0.3) is 5.91 Å². The van der Waals surface area contributed by atoms with Crippen LogP contribution in [-0.2, 0) is 17.5 Å². The van der Waals surface area contributed by atoms with Gasteiger partial charge in [-0.1, -0.05) is 35.9 Å². The predicted molar refractivity (Wildman–Crippen MR) is 143 cm³/mol. The van der Waals surface area contributed by atoms with Crippen LogP contribution in [-0.4, -0.2) is 65.4 Å². The molecule has 0 bridgehead atoms. The lowest BCUT2D eigenvalue weighted by molar-refractivity contribution is -0.138. The lowest BCUT2D eigenvalue weighted by Crippen LogP contribution is -2.47. The lowest BCUT2D eigenvalue weighted by atomic mass is 9.86. The second kappa shape index (κ2) is 11.6. The fourth-order valence-electron chi connectivity index (χ4n) is 5.40. The smallest absolute Gasteiger partial charge is 0.339 e. The summed E-state index contributed by atoms with van der Waals surface area (Å²) in [5.74, 6) is -0.483. The zero-order valence-electron chi connectivity index (χ0n) is 20.6. The highest BCUT2D eigenvalue weighted by atomic mass is 35.5. The highest BCUT2D eigenvalue weighted by Gasteiger charge is 2.36. The molecule has 0 unspecified atom stereocenters. The van der Waals surface area contributed by atoms with Crippen LogP contribution < -0.4 is 5.32 Å². The Bertz CT molecular complexity index is 1310. The van der Waals surface area contributed by atoms with E-state index < -0.39 is 11.7 Å². The number of nitrogens with zero attached hydrogens (tertiary/aromatic N) is 3. The normalized spacial score (nSPS) is 16.9. The average Bonchev–Trinajstić information content (AvgIpc) is 3.25. The van der Waals surface area contributed by atoms with Gasteiger partial charge in [0.2, 0.25) is 5.91 Å². The van der Waals surface area contributed by atoms with Crippen LogP contribution in [0.5, 0.6) is 0 Å². The molecule has 38 heavy (non-hydrogen) atoms. The monoisotopic (exact) mass is 568 g/mol. The SMILES string of the molecule is Cl.O=C(Cn1cc(C(=O)N2CCC(c3ccccc3C(F)(F)F)CC2)c2ccc(Cl)cc21)N1CCNCC1. The van der Waals surface area contributed by atoms with Gasteiger partial charge in [0.15, 0.2) is 0 Å². The number of aromatic nitrogens is 1. The van der Waals surface area contributed by atoms with E-state index in [1.165, 1.54) is 12.1 Å². The van der Waals surface area contributed by atoms with Crippen LogP contribution in [0.15, 0.2) is 48.7 Å². The van der Waals surface area contributed by atoms with Crippen LogP contribution in [0.3, 0.4) is 0 Å². The van der Waals surface area contributed by atoms with Gasteiger partial charge >= 0.3 is 6.18 Å². The number of piperidine rings is 1. The standard InChI is InChI=1S/C27H28ClF3N4O2.ClH/c28-19-5-6-21-22(16-35(24(21)15-19)17-25(36)33-13-9-32-10-14-33)26(37)34-11-7-18(8-12-34)20-3-1-2-4-23(20)27(29,30)31;/h1-6,15-16,18,32H,7-14,17H2;1H. The molecule has 2 saturated heterocycles. The van der Waals surface area contributed by atoms with E-state index in [2.05, 4.69) is 5.32 Å². The number of piperazine rings is 1. The van der Waals surface area contributed by atoms with Crippen LogP contribution in [0.1, 0.15) is 40.2 Å². The molecule has 204 valence electrons. The van der Waals surface area contributed by atoms with Crippen molar-refractivity contribution in [2.45, 2.75) is 31.5 Å². The van der Waals surface area contributed by atoms with E-state index in [1.54, 1.807) is 44.8 Å². The summed E-state index contributed by atoms with van der Waals surface area (Å²) in [6, 6.07) is 10.9. The first-order valence-corrected chi connectivity index (χ1v) is 12.8. The molecule has 0 spiro atoms. The fourth-order valence-corrected chi connectivity index (χ4v) is 5.57. The first-order valence-electron chi connectivity index (χ1n) is 12.4. The number of halogens is 5. The van der Waals surface area contributed by atoms with Crippen molar-refractivity contribution in [3.63, 3.8) is 0 Å². The van der Waals surface area contributed by atoms with Crippen molar-refractivity contribution in [2.24, 2.45) is 0 Å². The van der Waals surface area contributed by atoms with Gasteiger partial charge in [-0.15, -0.1) is 12.4 Å². The third kappa shape index (κ3) is 5.80. The Kier molecular flexibility index (Phi) is 8.59. The minimum atomic E-state index is -4.41. The number of carbonyl (C=O) groups is 2. The summed E-state index contributed by atoms with van der Waals surface area (Å²) in [7, 11) is 0. The van der Waals surface area contributed by atoms with Crippen molar-refractivity contribution in [1.29, 1.82) is 0 Å². The van der Waals surface area contributed by atoms with Gasteiger partial charge in [0.1, 0.15) is 6.54 Å². The van der Waals surface area contributed by atoms with Crippen LogP contribution in [0.4, 0.5) is 13.2 Å². The Morgan fingerprint density at radius 3 is 2.34 bits per heavy atom. The molecule has 2 aliphatic heterocycles. The molecule has 2 aromatic carbocycles. The Morgan fingerprint density at radius 2 is 1.66 bits per heavy atom. The number of likely N-dealkylation sites (tertiary alicyclic amines) is 1. The van der Waals surface area contributed by atoms with Crippen molar-refractivity contribution in [1.82, 2.24) is 19.7 Å². The van der Waals surface area contributed by atoms with Gasteiger partial charge in [-0.2, -0.15) is 13.2 Å². The number of amides is 2. The quantitative estimate of drug-likeness (QED) is 0.471. The fraction of sp³-hybridized carbons (Fsp3) is 0.407. The summed E-state index contributed by atoms with van der Waals surface area (Å²) < 4.78 is 42.3. The van der Waals surface area contributed by atoms with Crippen molar-refractivity contribution >= 4 is 46.7 Å². The third-order valence-corrected chi connectivity index (χ3v) is 7.57. The van der Waals surface area contributed by atoms with E-state index in [-0.39, 0.29) is 36.7 Å². The highest BCUT2D eigenvalue weighted by Crippen LogP contribution is 2.39. The van der Waals surface area contributed by atoms with E-state index in [9.17, 15) is 22.8 Å². The maximum atomic E-state index is 13.6. The molecule has 2 aliphatic rings. The van der Waals surface area contributed by atoms with Crippen LogP contribution >= 0.6 is 24.0 Å². The molecule has 0 saturated carbocycles. The topological polar surface area (TPSA) is 57.6 Å². The molecule has 0 radical (unpaired) electrons. The van der Waals surface area contributed by atoms with E-state index >= 15 is 0 Å². The second-order valence-corrected chi connectivity index (χ2v) is 10.1. The second-order valence-electron chi connectivity index (χ2n) is 9.61. The molecule has 3 aromatic rings. The largest absolute Gasteiger partial charge is 0.416 e. The number of rotatable bonds is 4. The lowest BCUT2D eigenvalue weighted by Gasteiger charge is -2.33. The summed E-state index contributed by atoms with van der Waals surface area (Å²) >= 11 is 6.24. The molecule has 3 heterocycles. The summed E-state index contributed by atoms with van der Waals surface area (Å²) in [5.41, 5.74) is 0.857. The third-order valence-electron chi connectivity index (χ3n) is 7.34. The van der Waals surface area contributed by atoms with Gasteiger partial charge in [-0.05, 0) is 42.5 Å². The Balaban J connectivity index is 0.00000336. The Morgan fingerprint density at radius 1 is 0.974 bits per heavy atom. The zero-order valence-corrected chi connectivity index (χ0v) is 22.2. The van der Waals surface area contributed by atoms with Gasteiger partial charge in [-0.25, -0.2) is 0 Å². The predicted octanol–water partition coefficient (Wildman–Crippen LogP) is 5.19. The average molecular weight is 569 g/mol. The number of alkyl halides is 3. The molecule has 6 nitrogen and oxygen atoms in total. The Labute approximate surface area is 230 Å². The van der Waals surface area contributed by atoms with Crippen LogP contribution in [0.2, 0.25) is 5.02 Å². The van der Waals surface area contributed by atoms with Gasteiger partial charge in [-0.3, -0.25) is 9.59 Å². The van der Waals surface area contributed by atoms with Crippen molar-refractivity contribution < 1.29 is 22.8 Å². The highest BCUT2D eigenvalue weighted by molar-refractivity contribution is 6.31.